The van der Waals surface area contributed by atoms with E-state index in [9.17, 15) is 39.6 Å². The predicted molar refractivity (Wildman–Crippen MR) is 124 cm³/mol. The van der Waals surface area contributed by atoms with E-state index in [0.717, 1.165) is 24.3 Å². The number of sulfonamides is 1. The number of hydrogen-bond donors (Lipinski definition) is 1. The highest BCUT2D eigenvalue weighted by atomic mass is 32.2. The molecule has 0 saturated heterocycles. The first-order valence-corrected chi connectivity index (χ1v) is 12.1. The zero-order valence-electron chi connectivity index (χ0n) is 19.1. The third-order valence-electron chi connectivity index (χ3n) is 4.95. The van der Waals surface area contributed by atoms with E-state index in [0.29, 0.717) is 40.9 Å². The van der Waals surface area contributed by atoms with E-state index in [1.54, 1.807) is 6.92 Å². The van der Waals surface area contributed by atoms with E-state index in [1.807, 2.05) is 0 Å². The summed E-state index contributed by atoms with van der Waals surface area (Å²) in [5, 5.41) is 2.41. The Kier molecular flexibility index (Phi) is 8.06. The minimum absolute atomic E-state index is 0.230. The van der Waals surface area contributed by atoms with Crippen LogP contribution in [0.5, 0.6) is 5.75 Å². The summed E-state index contributed by atoms with van der Waals surface area (Å²) < 4.78 is 112. The summed E-state index contributed by atoms with van der Waals surface area (Å²) in [6.45, 7) is 1.14. The van der Waals surface area contributed by atoms with Crippen molar-refractivity contribution in [2.24, 2.45) is 0 Å². The van der Waals surface area contributed by atoms with Gasteiger partial charge in [-0.15, -0.1) is 0 Å². The van der Waals surface area contributed by atoms with E-state index >= 15 is 0 Å². The molecule has 1 amide bonds. The Hall–Kier alpha value is -3.74. The molecule has 0 spiro atoms. The van der Waals surface area contributed by atoms with Gasteiger partial charge in [-0.1, -0.05) is 12.1 Å². The van der Waals surface area contributed by atoms with Crippen LogP contribution in [0.25, 0.3) is 0 Å². The SMILES string of the molecule is CCOc1ccc(NC(=O)CN(c2cccc(C(F)(F)F)c2)S(=O)(=O)c2cccc(C(F)(F)F)c2)cc1. The molecule has 13 heteroatoms. The Morgan fingerprint density at radius 3 is 2.00 bits per heavy atom. The number of nitrogens with one attached hydrogen (secondary N) is 1. The van der Waals surface area contributed by atoms with E-state index in [-0.39, 0.29) is 5.69 Å². The van der Waals surface area contributed by atoms with Crippen molar-refractivity contribution in [1.29, 1.82) is 0 Å². The summed E-state index contributed by atoms with van der Waals surface area (Å²) in [4.78, 5) is 11.9. The van der Waals surface area contributed by atoms with Gasteiger partial charge in [0, 0.05) is 5.69 Å². The summed E-state index contributed by atoms with van der Waals surface area (Å²) in [5.41, 5.74) is -2.82. The Morgan fingerprint density at radius 2 is 1.43 bits per heavy atom. The molecule has 198 valence electrons. The van der Waals surface area contributed by atoms with Crippen LogP contribution in [0, 0.1) is 0 Å². The standard InChI is InChI=1S/C24H20F6N2O4S/c1-2-36-20-11-9-18(10-12-20)31-22(33)15-32(19-7-3-5-16(13-19)23(25,26)27)37(34,35)21-8-4-6-17(14-21)24(28,29)30/h3-14H,2,15H2,1H3,(H,31,33). The Bertz CT molecular complexity index is 1360. The number of anilines is 2. The van der Waals surface area contributed by atoms with Crippen molar-refractivity contribution in [1.82, 2.24) is 0 Å². The van der Waals surface area contributed by atoms with Gasteiger partial charge in [0.25, 0.3) is 10.0 Å². The highest BCUT2D eigenvalue weighted by Crippen LogP contribution is 2.35. The molecular formula is C24H20F6N2O4S. The summed E-state index contributed by atoms with van der Waals surface area (Å²) in [6.07, 6.45) is -9.72. The molecular weight excluding hydrogens is 526 g/mol. The van der Waals surface area contributed by atoms with Crippen LogP contribution in [-0.4, -0.2) is 27.5 Å². The van der Waals surface area contributed by atoms with Crippen molar-refractivity contribution in [3.63, 3.8) is 0 Å². The normalized spacial score (nSPS) is 12.2. The second-order valence-corrected chi connectivity index (χ2v) is 9.45. The molecule has 0 saturated carbocycles. The van der Waals surface area contributed by atoms with Gasteiger partial charge in [0.2, 0.25) is 5.91 Å². The zero-order valence-corrected chi connectivity index (χ0v) is 19.9. The largest absolute Gasteiger partial charge is 0.494 e. The minimum atomic E-state index is -4.92. The average molecular weight is 546 g/mol. The molecule has 37 heavy (non-hydrogen) atoms. The number of ether oxygens (including phenoxy) is 1. The molecule has 0 aromatic heterocycles. The zero-order chi connectivity index (χ0) is 27.4. The highest BCUT2D eigenvalue weighted by Gasteiger charge is 2.35. The van der Waals surface area contributed by atoms with Crippen LogP contribution in [0.3, 0.4) is 0 Å². The molecule has 0 unspecified atom stereocenters. The molecule has 0 atom stereocenters. The molecule has 1 N–H and O–H groups in total. The fourth-order valence-electron chi connectivity index (χ4n) is 3.24. The molecule has 3 aromatic carbocycles. The van der Waals surface area contributed by atoms with Crippen LogP contribution in [0.4, 0.5) is 37.7 Å². The second-order valence-electron chi connectivity index (χ2n) is 7.59. The number of rotatable bonds is 8. The smallest absolute Gasteiger partial charge is 0.416 e. The van der Waals surface area contributed by atoms with Gasteiger partial charge in [-0.25, -0.2) is 8.42 Å². The van der Waals surface area contributed by atoms with E-state index < -0.39 is 56.5 Å². The molecule has 6 nitrogen and oxygen atoms in total. The molecule has 0 heterocycles. The summed E-state index contributed by atoms with van der Waals surface area (Å²) >= 11 is 0. The van der Waals surface area contributed by atoms with Crippen LogP contribution in [0.15, 0.2) is 77.7 Å². The van der Waals surface area contributed by atoms with Gasteiger partial charge in [0.1, 0.15) is 12.3 Å². The van der Waals surface area contributed by atoms with Crippen molar-refractivity contribution < 1.29 is 44.3 Å². The highest BCUT2D eigenvalue weighted by molar-refractivity contribution is 7.92. The average Bonchev–Trinajstić information content (AvgIpc) is 2.83. The van der Waals surface area contributed by atoms with Crippen LogP contribution in [0.2, 0.25) is 0 Å². The van der Waals surface area contributed by atoms with E-state index in [2.05, 4.69) is 5.32 Å². The molecule has 3 aromatic rings. The molecule has 0 bridgehead atoms. The number of alkyl halides is 6. The van der Waals surface area contributed by atoms with Crippen LogP contribution >= 0.6 is 0 Å². The van der Waals surface area contributed by atoms with Gasteiger partial charge in [-0.3, -0.25) is 9.10 Å². The van der Waals surface area contributed by atoms with Crippen molar-refractivity contribution in [2.75, 3.05) is 22.8 Å². The van der Waals surface area contributed by atoms with Crippen molar-refractivity contribution in [2.45, 2.75) is 24.2 Å². The maximum Gasteiger partial charge on any atom is 0.416 e. The molecule has 0 aliphatic rings. The summed E-state index contributed by atoms with van der Waals surface area (Å²) in [5.74, 6) is -0.449. The Labute approximate surface area is 208 Å². The van der Waals surface area contributed by atoms with Crippen molar-refractivity contribution in [3.05, 3.63) is 83.9 Å². The molecule has 0 fully saturated rings. The van der Waals surface area contributed by atoms with Crippen LogP contribution in [0.1, 0.15) is 18.1 Å². The van der Waals surface area contributed by atoms with Gasteiger partial charge in [0.05, 0.1) is 28.3 Å². The van der Waals surface area contributed by atoms with Gasteiger partial charge >= 0.3 is 12.4 Å². The Balaban J connectivity index is 2.01. The van der Waals surface area contributed by atoms with Gasteiger partial charge in [0.15, 0.2) is 0 Å². The lowest BCUT2D eigenvalue weighted by atomic mass is 10.2. The number of amides is 1. The number of hydrogen-bond acceptors (Lipinski definition) is 4. The number of benzene rings is 3. The quantitative estimate of drug-likeness (QED) is 0.354. The predicted octanol–water partition coefficient (Wildman–Crippen LogP) is 5.96. The maximum absolute atomic E-state index is 13.4. The number of nitrogens with zero attached hydrogens (tertiary/aromatic N) is 1. The van der Waals surface area contributed by atoms with Crippen molar-refractivity contribution >= 4 is 27.3 Å². The lowest BCUT2D eigenvalue weighted by molar-refractivity contribution is -0.138. The summed E-state index contributed by atoms with van der Waals surface area (Å²) in [7, 11) is -4.92. The molecule has 0 radical (unpaired) electrons. The van der Waals surface area contributed by atoms with Gasteiger partial charge < -0.3 is 10.1 Å². The lowest BCUT2D eigenvalue weighted by Gasteiger charge is -2.25. The minimum Gasteiger partial charge on any atom is -0.494 e. The molecule has 0 aliphatic carbocycles. The fraction of sp³-hybridized carbons (Fsp3) is 0.208. The lowest BCUT2D eigenvalue weighted by Crippen LogP contribution is -2.38. The molecule has 3 rings (SSSR count). The third-order valence-corrected chi connectivity index (χ3v) is 6.72. The van der Waals surface area contributed by atoms with Crippen LogP contribution < -0.4 is 14.4 Å². The van der Waals surface area contributed by atoms with Gasteiger partial charge in [-0.05, 0) is 67.6 Å². The maximum atomic E-state index is 13.4. The summed E-state index contributed by atoms with van der Waals surface area (Å²) in [6, 6.07) is 11.8. The van der Waals surface area contributed by atoms with E-state index in [1.165, 1.54) is 24.3 Å². The first kappa shape index (κ1) is 27.8. The number of halogens is 6. The third kappa shape index (κ3) is 6.94. The van der Waals surface area contributed by atoms with Gasteiger partial charge in [-0.2, -0.15) is 26.3 Å². The monoisotopic (exact) mass is 546 g/mol. The fourth-order valence-corrected chi connectivity index (χ4v) is 4.70. The van der Waals surface area contributed by atoms with Crippen molar-refractivity contribution in [3.8, 4) is 5.75 Å². The number of carbonyl (C=O) groups excluding carboxylic acids is 1. The first-order valence-electron chi connectivity index (χ1n) is 10.6. The Morgan fingerprint density at radius 1 is 0.865 bits per heavy atom. The topological polar surface area (TPSA) is 75.7 Å². The second kappa shape index (κ2) is 10.7. The molecule has 0 aliphatic heterocycles. The van der Waals surface area contributed by atoms with Crippen LogP contribution in [-0.2, 0) is 27.2 Å². The van der Waals surface area contributed by atoms with E-state index in [4.69, 9.17) is 4.74 Å². The first-order chi connectivity index (χ1) is 17.2. The number of carbonyl (C=O) groups is 1.